The lowest BCUT2D eigenvalue weighted by Crippen LogP contribution is -2.41. The van der Waals surface area contributed by atoms with E-state index in [1.54, 1.807) is 37.2 Å². The second kappa shape index (κ2) is 10.0. The third kappa shape index (κ3) is 5.10. The fraction of sp³-hybridized carbons (Fsp3) is 0.375. The molecule has 0 bridgehead atoms. The third-order valence-electron chi connectivity index (χ3n) is 8.14. The fourth-order valence-electron chi connectivity index (χ4n) is 5.66. The molecule has 1 atom stereocenters. The quantitative estimate of drug-likeness (QED) is 0.406. The van der Waals surface area contributed by atoms with Crippen LogP contribution in [-0.4, -0.2) is 57.6 Å². The minimum absolute atomic E-state index is 0.114. The zero-order valence-electron chi connectivity index (χ0n) is 22.4. The lowest BCUT2D eigenvalue weighted by atomic mass is 9.99. The summed E-state index contributed by atoms with van der Waals surface area (Å²) in [7, 11) is 0. The van der Waals surface area contributed by atoms with Crippen LogP contribution in [0.4, 0.5) is 4.39 Å². The van der Waals surface area contributed by atoms with Gasteiger partial charge in [0.1, 0.15) is 17.2 Å². The molecule has 7 heteroatoms. The highest BCUT2D eigenvalue weighted by atomic mass is 19.1. The van der Waals surface area contributed by atoms with E-state index in [-0.39, 0.29) is 17.7 Å². The van der Waals surface area contributed by atoms with E-state index in [0.717, 1.165) is 61.0 Å². The van der Waals surface area contributed by atoms with Gasteiger partial charge in [-0.05, 0) is 92.0 Å². The van der Waals surface area contributed by atoms with Crippen LogP contribution in [0, 0.1) is 17.7 Å². The maximum absolute atomic E-state index is 15.6. The van der Waals surface area contributed by atoms with Crippen molar-refractivity contribution in [2.75, 3.05) is 19.6 Å². The number of likely N-dealkylation sites (tertiary alicyclic amines) is 1. The normalized spacial score (nSPS) is 20.4. The number of rotatable bonds is 7. The van der Waals surface area contributed by atoms with Gasteiger partial charge in [0.15, 0.2) is 0 Å². The molecule has 3 aliphatic rings. The van der Waals surface area contributed by atoms with Crippen LogP contribution in [0.3, 0.4) is 0 Å². The van der Waals surface area contributed by atoms with Crippen molar-refractivity contribution in [3.05, 3.63) is 78.4 Å². The minimum atomic E-state index is -0.938. The largest absolute Gasteiger partial charge is 0.342 e. The maximum atomic E-state index is 15.6. The van der Waals surface area contributed by atoms with E-state index in [9.17, 15) is 9.59 Å². The molecule has 0 unspecified atom stereocenters. The molecular weight excluding hydrogens is 491 g/mol. The number of halogens is 1. The number of aliphatic imine (C=N–C) groups is 1. The summed E-state index contributed by atoms with van der Waals surface area (Å²) in [5, 5.41) is 0. The Kier molecular flexibility index (Phi) is 6.53. The number of carbonyl (C=O) groups excluding carboxylic acids is 2. The van der Waals surface area contributed by atoms with Crippen molar-refractivity contribution in [1.29, 1.82) is 0 Å². The number of pyridine rings is 1. The van der Waals surface area contributed by atoms with Crippen molar-refractivity contribution in [2.24, 2.45) is 16.8 Å². The van der Waals surface area contributed by atoms with Crippen molar-refractivity contribution < 1.29 is 14.0 Å². The van der Waals surface area contributed by atoms with Gasteiger partial charge in [-0.2, -0.15) is 0 Å². The van der Waals surface area contributed by atoms with Crippen molar-refractivity contribution in [2.45, 2.75) is 45.1 Å². The Morgan fingerprint density at radius 3 is 2.26 bits per heavy atom. The molecule has 1 saturated heterocycles. The lowest BCUT2D eigenvalue weighted by molar-refractivity contribution is -0.132. The first-order valence-corrected chi connectivity index (χ1v) is 13.8. The minimum Gasteiger partial charge on any atom is -0.342 e. The first-order valence-electron chi connectivity index (χ1n) is 13.8. The van der Waals surface area contributed by atoms with Crippen LogP contribution >= 0.6 is 0 Å². The summed E-state index contributed by atoms with van der Waals surface area (Å²) in [6.45, 7) is 5.56. The Bertz CT molecular complexity index is 1430. The molecular formula is C32H33FN4O2. The smallest absolute Gasteiger partial charge is 0.255 e. The summed E-state index contributed by atoms with van der Waals surface area (Å²) >= 11 is 0. The van der Waals surface area contributed by atoms with Crippen LogP contribution in [0.25, 0.3) is 22.3 Å². The summed E-state index contributed by atoms with van der Waals surface area (Å²) < 4.78 is 15.6. The topological polar surface area (TPSA) is 65.9 Å². The molecule has 200 valence electrons. The molecule has 3 heterocycles. The summed E-state index contributed by atoms with van der Waals surface area (Å²) in [5.74, 6) is 0.735. The van der Waals surface area contributed by atoms with Gasteiger partial charge in [-0.25, -0.2) is 4.39 Å². The van der Waals surface area contributed by atoms with Crippen LogP contribution in [0.2, 0.25) is 0 Å². The van der Waals surface area contributed by atoms with E-state index in [0.29, 0.717) is 23.9 Å². The number of aromatic nitrogens is 1. The Hall–Kier alpha value is -3.87. The zero-order valence-corrected chi connectivity index (χ0v) is 22.4. The Morgan fingerprint density at radius 1 is 0.949 bits per heavy atom. The molecule has 1 aromatic heterocycles. The Morgan fingerprint density at radius 2 is 1.59 bits per heavy atom. The van der Waals surface area contributed by atoms with Crippen molar-refractivity contribution in [3.63, 3.8) is 0 Å². The van der Waals surface area contributed by atoms with Gasteiger partial charge < -0.3 is 4.90 Å². The number of amidine groups is 1. The lowest BCUT2D eigenvalue weighted by Gasteiger charge is -2.23. The average molecular weight is 525 g/mol. The molecule has 2 aliphatic heterocycles. The van der Waals surface area contributed by atoms with Gasteiger partial charge in [0, 0.05) is 37.9 Å². The fourth-order valence-corrected chi connectivity index (χ4v) is 5.66. The van der Waals surface area contributed by atoms with E-state index in [1.165, 1.54) is 6.07 Å². The van der Waals surface area contributed by atoms with Gasteiger partial charge in [0.05, 0.1) is 5.56 Å². The Balaban J connectivity index is 1.18. The van der Waals surface area contributed by atoms with Gasteiger partial charge in [-0.3, -0.25) is 24.5 Å². The van der Waals surface area contributed by atoms with Crippen molar-refractivity contribution in [3.8, 4) is 22.3 Å². The number of carbonyl (C=O) groups is 2. The van der Waals surface area contributed by atoms with Crippen molar-refractivity contribution in [1.82, 2.24) is 14.8 Å². The predicted octanol–water partition coefficient (Wildman–Crippen LogP) is 5.57. The second-order valence-corrected chi connectivity index (χ2v) is 11.5. The Labute approximate surface area is 228 Å². The molecule has 2 aromatic carbocycles. The summed E-state index contributed by atoms with van der Waals surface area (Å²) in [5.41, 5.74) is 3.21. The van der Waals surface area contributed by atoms with E-state index < -0.39 is 11.4 Å². The number of hydrogen-bond donors (Lipinski definition) is 0. The molecule has 39 heavy (non-hydrogen) atoms. The molecule has 0 N–H and O–H groups in total. The molecule has 2 amide bonds. The highest BCUT2D eigenvalue weighted by Crippen LogP contribution is 2.34. The van der Waals surface area contributed by atoms with E-state index >= 15 is 4.39 Å². The van der Waals surface area contributed by atoms with Crippen LogP contribution < -0.4 is 0 Å². The number of hydrogen-bond acceptors (Lipinski definition) is 4. The van der Waals surface area contributed by atoms with Gasteiger partial charge in [0.25, 0.3) is 5.91 Å². The highest BCUT2D eigenvalue weighted by molar-refractivity contribution is 6.15. The van der Waals surface area contributed by atoms with E-state index in [2.05, 4.69) is 9.98 Å². The van der Waals surface area contributed by atoms with E-state index in [4.69, 9.17) is 0 Å². The molecule has 3 aromatic rings. The van der Waals surface area contributed by atoms with Gasteiger partial charge in [0.2, 0.25) is 5.91 Å². The van der Waals surface area contributed by atoms with Crippen LogP contribution in [0.1, 0.15) is 45.1 Å². The van der Waals surface area contributed by atoms with Crippen LogP contribution in [0.5, 0.6) is 0 Å². The zero-order chi connectivity index (χ0) is 27.1. The molecule has 2 fully saturated rings. The van der Waals surface area contributed by atoms with Gasteiger partial charge >= 0.3 is 0 Å². The molecule has 1 aliphatic carbocycles. The molecule has 0 radical (unpaired) electrons. The molecule has 6 rings (SSSR count). The predicted molar refractivity (Wildman–Crippen MR) is 149 cm³/mol. The standard InChI is InChI=1S/C32H33FN4O2/c1-32(2)31(39)37(18-14-21-13-17-36(20-21)30(38)25-7-8-25)29(35-32)27-10-9-26(19-28(27)33)23-5-3-22(4-6-23)24-11-15-34-16-12-24/h3-6,9-12,15-16,19,21,25H,7-8,13-14,17-18,20H2,1-2H3/t21-/m0/s1. The average Bonchev–Trinajstić information content (AvgIpc) is 3.64. The summed E-state index contributed by atoms with van der Waals surface area (Å²) in [6.07, 6.45) is 7.25. The molecule has 6 nitrogen and oxygen atoms in total. The first kappa shape index (κ1) is 25.4. The SMILES string of the molecule is CC1(C)N=C(c2ccc(-c3ccc(-c4ccncc4)cc3)cc2F)N(CC[C@@H]2CCN(C(=O)C3CC3)C2)C1=O. The van der Waals surface area contributed by atoms with Crippen LogP contribution in [0.15, 0.2) is 72.0 Å². The van der Waals surface area contributed by atoms with Gasteiger partial charge in [-0.15, -0.1) is 0 Å². The molecule has 1 saturated carbocycles. The third-order valence-corrected chi connectivity index (χ3v) is 8.14. The van der Waals surface area contributed by atoms with E-state index in [1.807, 2.05) is 47.4 Å². The molecule has 0 spiro atoms. The summed E-state index contributed by atoms with van der Waals surface area (Å²) in [6, 6.07) is 17.0. The number of benzene rings is 2. The monoisotopic (exact) mass is 524 g/mol. The van der Waals surface area contributed by atoms with Crippen molar-refractivity contribution >= 4 is 17.6 Å². The van der Waals surface area contributed by atoms with Crippen LogP contribution in [-0.2, 0) is 9.59 Å². The number of amides is 2. The highest BCUT2D eigenvalue weighted by Gasteiger charge is 2.42. The maximum Gasteiger partial charge on any atom is 0.255 e. The number of nitrogens with zero attached hydrogens (tertiary/aromatic N) is 4. The second-order valence-electron chi connectivity index (χ2n) is 11.5. The van der Waals surface area contributed by atoms with Gasteiger partial charge in [-0.1, -0.05) is 30.3 Å². The first-order chi connectivity index (χ1) is 18.8. The summed E-state index contributed by atoms with van der Waals surface area (Å²) in [4.78, 5) is 38.0.